The van der Waals surface area contributed by atoms with Crippen molar-refractivity contribution >= 4 is 23.4 Å². The molecule has 2 N–H and O–H groups in total. The van der Waals surface area contributed by atoms with Gasteiger partial charge in [0.05, 0.1) is 12.6 Å². The van der Waals surface area contributed by atoms with Crippen LogP contribution in [0.5, 0.6) is 0 Å². The van der Waals surface area contributed by atoms with Gasteiger partial charge in [0.15, 0.2) is 5.96 Å². The van der Waals surface area contributed by atoms with Gasteiger partial charge in [-0.2, -0.15) is 0 Å². The van der Waals surface area contributed by atoms with E-state index in [0.717, 1.165) is 43.3 Å². The minimum Gasteiger partial charge on any atom is -0.444 e. The molecule has 0 saturated carbocycles. The Bertz CT molecular complexity index is 663. The number of rotatable bonds is 7. The molecule has 164 valence electrons. The van der Waals surface area contributed by atoms with E-state index in [4.69, 9.17) is 9.47 Å². The third-order valence-electron chi connectivity index (χ3n) is 4.36. The standard InChI is InChI=1S/C20H35N5O3S/c1-15-13-23-17(29-15)14-24-18(21-5)25-10-7-16(8-11-25)27-12-6-9-22-19(26)28-20(2,3)4/h13,16H,6-12,14H2,1-5H3,(H,21,24)(H,22,26). The first-order valence-electron chi connectivity index (χ1n) is 10.2. The molecular formula is C20H35N5O3S. The van der Waals surface area contributed by atoms with Gasteiger partial charge < -0.3 is 25.0 Å². The molecule has 1 aliphatic heterocycles. The average molecular weight is 426 g/mol. The second-order valence-electron chi connectivity index (χ2n) is 8.10. The van der Waals surface area contributed by atoms with Crippen LogP contribution in [0.1, 0.15) is 49.9 Å². The lowest BCUT2D eigenvalue weighted by Crippen LogP contribution is -2.46. The van der Waals surface area contributed by atoms with Crippen molar-refractivity contribution in [3.63, 3.8) is 0 Å². The SMILES string of the molecule is CN=C(NCc1ncc(C)s1)N1CCC(OCCCNC(=O)OC(C)(C)C)CC1. The number of carbonyl (C=O) groups excluding carboxylic acids is 1. The molecule has 9 heteroatoms. The molecule has 1 aliphatic rings. The molecule has 1 fully saturated rings. The smallest absolute Gasteiger partial charge is 0.407 e. The zero-order valence-corrected chi connectivity index (χ0v) is 19.1. The number of alkyl carbamates (subject to hydrolysis) is 1. The molecule has 0 radical (unpaired) electrons. The predicted octanol–water partition coefficient (Wildman–Crippen LogP) is 2.92. The molecule has 8 nitrogen and oxygen atoms in total. The summed E-state index contributed by atoms with van der Waals surface area (Å²) in [5.41, 5.74) is -0.469. The van der Waals surface area contributed by atoms with Crippen LogP contribution in [0, 0.1) is 6.92 Å². The molecule has 1 amide bonds. The van der Waals surface area contributed by atoms with Gasteiger partial charge in [0.1, 0.15) is 10.6 Å². The summed E-state index contributed by atoms with van der Waals surface area (Å²) in [7, 11) is 1.82. The van der Waals surface area contributed by atoms with Gasteiger partial charge >= 0.3 is 6.09 Å². The third-order valence-corrected chi connectivity index (χ3v) is 5.28. The number of guanidine groups is 1. The Morgan fingerprint density at radius 1 is 1.34 bits per heavy atom. The summed E-state index contributed by atoms with van der Waals surface area (Å²) in [6.45, 7) is 11.3. The van der Waals surface area contributed by atoms with Gasteiger partial charge in [0.2, 0.25) is 0 Å². The van der Waals surface area contributed by atoms with Crippen molar-refractivity contribution in [3.05, 3.63) is 16.1 Å². The molecule has 29 heavy (non-hydrogen) atoms. The fourth-order valence-corrected chi connectivity index (χ4v) is 3.76. The number of carbonyl (C=O) groups is 1. The summed E-state index contributed by atoms with van der Waals surface area (Å²) < 4.78 is 11.2. The van der Waals surface area contributed by atoms with E-state index in [1.54, 1.807) is 11.3 Å². The fraction of sp³-hybridized carbons (Fsp3) is 0.750. The van der Waals surface area contributed by atoms with E-state index in [0.29, 0.717) is 19.7 Å². The lowest BCUT2D eigenvalue weighted by Gasteiger charge is -2.34. The molecule has 1 aromatic heterocycles. The number of ether oxygens (including phenoxy) is 2. The Morgan fingerprint density at radius 3 is 2.66 bits per heavy atom. The highest BCUT2D eigenvalue weighted by Crippen LogP contribution is 2.15. The first kappa shape index (κ1) is 23.4. The van der Waals surface area contributed by atoms with Crippen molar-refractivity contribution < 1.29 is 14.3 Å². The van der Waals surface area contributed by atoms with Gasteiger partial charge in [-0.15, -0.1) is 11.3 Å². The Kier molecular flexibility index (Phi) is 9.16. The molecule has 0 unspecified atom stereocenters. The van der Waals surface area contributed by atoms with Crippen LogP contribution in [-0.2, 0) is 16.0 Å². The maximum Gasteiger partial charge on any atom is 0.407 e. The van der Waals surface area contributed by atoms with Gasteiger partial charge in [-0.05, 0) is 47.0 Å². The van der Waals surface area contributed by atoms with E-state index in [2.05, 4.69) is 32.4 Å². The van der Waals surface area contributed by atoms with Crippen LogP contribution in [-0.4, -0.2) is 66.9 Å². The lowest BCUT2D eigenvalue weighted by molar-refractivity contribution is 0.0170. The topological polar surface area (TPSA) is 88.1 Å². The molecule has 0 aromatic carbocycles. The van der Waals surface area contributed by atoms with Crippen LogP contribution < -0.4 is 10.6 Å². The number of aryl methyl sites for hydroxylation is 1. The second kappa shape index (κ2) is 11.3. The van der Waals surface area contributed by atoms with Crippen molar-refractivity contribution in [1.82, 2.24) is 20.5 Å². The Labute approximate surface area is 178 Å². The number of nitrogens with zero attached hydrogens (tertiary/aromatic N) is 3. The zero-order valence-electron chi connectivity index (χ0n) is 18.3. The Hall–Kier alpha value is -1.87. The first-order valence-corrected chi connectivity index (χ1v) is 11.0. The number of aromatic nitrogens is 1. The van der Waals surface area contributed by atoms with E-state index in [1.165, 1.54) is 4.88 Å². The highest BCUT2D eigenvalue weighted by atomic mass is 32.1. The van der Waals surface area contributed by atoms with Crippen molar-refractivity contribution in [2.75, 3.05) is 33.3 Å². The van der Waals surface area contributed by atoms with E-state index in [1.807, 2.05) is 34.0 Å². The number of aliphatic imine (C=N–C) groups is 1. The van der Waals surface area contributed by atoms with Gasteiger partial charge in [0, 0.05) is 44.4 Å². The van der Waals surface area contributed by atoms with Crippen molar-refractivity contribution in [3.8, 4) is 0 Å². The van der Waals surface area contributed by atoms with Crippen LogP contribution >= 0.6 is 11.3 Å². The summed E-state index contributed by atoms with van der Waals surface area (Å²) in [5.74, 6) is 0.915. The number of likely N-dealkylation sites (tertiary alicyclic amines) is 1. The van der Waals surface area contributed by atoms with Crippen LogP contribution in [0.3, 0.4) is 0 Å². The number of piperidine rings is 1. The lowest BCUT2D eigenvalue weighted by atomic mass is 10.1. The number of thiazole rings is 1. The zero-order chi connectivity index (χ0) is 21.3. The van der Waals surface area contributed by atoms with Crippen LogP contribution in [0.15, 0.2) is 11.2 Å². The van der Waals surface area contributed by atoms with Crippen LogP contribution in [0.2, 0.25) is 0 Å². The van der Waals surface area contributed by atoms with Gasteiger partial charge in [0.25, 0.3) is 0 Å². The summed E-state index contributed by atoms with van der Waals surface area (Å²) in [6.07, 6.45) is 4.49. The normalized spacial score (nSPS) is 16.0. The van der Waals surface area contributed by atoms with E-state index in [-0.39, 0.29) is 12.2 Å². The summed E-state index contributed by atoms with van der Waals surface area (Å²) in [5, 5.41) is 7.23. The predicted molar refractivity (Wildman–Crippen MR) is 116 cm³/mol. The van der Waals surface area contributed by atoms with Crippen molar-refractivity contribution in [1.29, 1.82) is 0 Å². The van der Waals surface area contributed by atoms with Crippen LogP contribution in [0.25, 0.3) is 0 Å². The summed E-state index contributed by atoms with van der Waals surface area (Å²) in [6, 6.07) is 0. The first-order chi connectivity index (χ1) is 13.8. The number of hydrogen-bond donors (Lipinski definition) is 2. The molecule has 0 bridgehead atoms. The average Bonchev–Trinajstić information content (AvgIpc) is 3.07. The third kappa shape index (κ3) is 8.99. The summed E-state index contributed by atoms with van der Waals surface area (Å²) >= 11 is 1.70. The second-order valence-corrected chi connectivity index (χ2v) is 9.42. The molecule has 2 heterocycles. The maximum absolute atomic E-state index is 11.6. The van der Waals surface area contributed by atoms with Gasteiger partial charge in [-0.3, -0.25) is 4.99 Å². The number of hydrogen-bond acceptors (Lipinski definition) is 6. The van der Waals surface area contributed by atoms with Crippen LogP contribution in [0.4, 0.5) is 4.79 Å². The minimum absolute atomic E-state index is 0.257. The van der Waals surface area contributed by atoms with E-state index < -0.39 is 5.60 Å². The molecule has 0 spiro atoms. The summed E-state index contributed by atoms with van der Waals surface area (Å²) in [4.78, 5) is 23.9. The highest BCUT2D eigenvalue weighted by molar-refractivity contribution is 7.11. The van der Waals surface area contributed by atoms with Gasteiger partial charge in [-0.25, -0.2) is 9.78 Å². The highest BCUT2D eigenvalue weighted by Gasteiger charge is 2.22. The molecule has 1 aromatic rings. The molecule has 0 aliphatic carbocycles. The monoisotopic (exact) mass is 425 g/mol. The van der Waals surface area contributed by atoms with E-state index in [9.17, 15) is 4.79 Å². The van der Waals surface area contributed by atoms with Gasteiger partial charge in [-0.1, -0.05) is 0 Å². The van der Waals surface area contributed by atoms with Crippen molar-refractivity contribution in [2.45, 2.75) is 65.2 Å². The quantitative estimate of drug-likeness (QED) is 0.397. The Morgan fingerprint density at radius 2 is 2.07 bits per heavy atom. The largest absolute Gasteiger partial charge is 0.444 e. The number of nitrogens with one attached hydrogen (secondary N) is 2. The number of amides is 1. The fourth-order valence-electron chi connectivity index (χ4n) is 3.03. The molecular weight excluding hydrogens is 390 g/mol. The van der Waals surface area contributed by atoms with Crippen molar-refractivity contribution in [2.24, 2.45) is 4.99 Å². The molecule has 2 rings (SSSR count). The molecule has 0 atom stereocenters. The minimum atomic E-state index is -0.469. The molecule has 1 saturated heterocycles. The maximum atomic E-state index is 11.6. The Balaban J connectivity index is 1.59. The van der Waals surface area contributed by atoms with E-state index >= 15 is 0 Å².